The van der Waals surface area contributed by atoms with Crippen LogP contribution in [0.15, 0.2) is 0 Å². The number of thiol groups is 1. The van der Waals surface area contributed by atoms with Crippen molar-refractivity contribution in [2.45, 2.75) is 18.1 Å². The molecule has 0 N–H and O–H groups in total. The summed E-state index contributed by atoms with van der Waals surface area (Å²) in [7, 11) is 0. The van der Waals surface area contributed by atoms with Gasteiger partial charge < -0.3 is 0 Å². The lowest BCUT2D eigenvalue weighted by molar-refractivity contribution is -0.136. The zero-order valence-corrected chi connectivity index (χ0v) is 4.85. The van der Waals surface area contributed by atoms with E-state index in [9.17, 15) is 17.6 Å². The molecule has 0 atom stereocenters. The van der Waals surface area contributed by atoms with Crippen LogP contribution in [-0.2, 0) is 0 Å². The summed E-state index contributed by atoms with van der Waals surface area (Å²) >= 11 is 2.35. The molecule has 0 bridgehead atoms. The van der Waals surface area contributed by atoms with Gasteiger partial charge in [-0.05, 0) is 0 Å². The van der Waals surface area contributed by atoms with Gasteiger partial charge in [0.1, 0.15) is 0 Å². The Bertz CT molecular complexity index is 66.3. The molecule has 0 amide bonds. The highest BCUT2D eigenvalue weighted by Crippen LogP contribution is 2.36. The maximum atomic E-state index is 11.4. The third kappa shape index (κ3) is 1.90. The van der Waals surface area contributed by atoms with E-state index < -0.39 is 11.2 Å². The van der Waals surface area contributed by atoms with E-state index in [1.54, 1.807) is 0 Å². The average molecular weight is 148 g/mol. The molecule has 0 spiro atoms. The predicted octanol–water partition coefficient (Wildman–Crippen LogP) is 2.16. The van der Waals surface area contributed by atoms with Crippen molar-refractivity contribution in [3.05, 3.63) is 0 Å². The predicted molar refractivity (Wildman–Crippen MR) is 24.6 cm³/mol. The van der Waals surface area contributed by atoms with Gasteiger partial charge in [-0.2, -0.15) is 17.6 Å². The van der Waals surface area contributed by atoms with Crippen LogP contribution in [0.4, 0.5) is 17.6 Å². The van der Waals surface area contributed by atoms with Crippen molar-refractivity contribution in [1.82, 2.24) is 0 Å². The van der Waals surface area contributed by atoms with Gasteiger partial charge in [-0.3, -0.25) is 0 Å². The number of rotatable bonds is 1. The smallest absolute Gasteiger partial charge is 0.199 e. The first-order valence-corrected chi connectivity index (χ1v) is 2.18. The second-order valence-corrected chi connectivity index (χ2v) is 1.99. The molecule has 5 heteroatoms. The second-order valence-electron chi connectivity index (χ2n) is 1.43. The quantitative estimate of drug-likeness (QED) is 0.427. The summed E-state index contributed by atoms with van der Waals surface area (Å²) in [5.74, 6) is -4.03. The zero-order valence-electron chi connectivity index (χ0n) is 3.96. The molecule has 0 rings (SSSR count). The average Bonchev–Trinajstić information content (AvgIpc) is 1.25. The van der Waals surface area contributed by atoms with Gasteiger partial charge in [0.2, 0.25) is 0 Å². The molecule has 0 heterocycles. The van der Waals surface area contributed by atoms with Crippen molar-refractivity contribution in [1.29, 1.82) is 0 Å². The summed E-state index contributed by atoms with van der Waals surface area (Å²) in [5, 5.41) is -4.20. The van der Waals surface area contributed by atoms with Crippen LogP contribution in [0.3, 0.4) is 0 Å². The Morgan fingerprint density at radius 3 is 1.25 bits per heavy atom. The molecule has 0 aromatic heterocycles. The Balaban J connectivity index is 4.02. The fraction of sp³-hybridized carbons (Fsp3) is 1.00. The van der Waals surface area contributed by atoms with Gasteiger partial charge in [0.15, 0.2) is 0 Å². The van der Waals surface area contributed by atoms with E-state index in [1.807, 2.05) is 0 Å². The lowest BCUT2D eigenvalue weighted by atomic mass is 10.4. The third-order valence-corrected chi connectivity index (χ3v) is 0.921. The maximum Gasteiger partial charge on any atom is 0.353 e. The van der Waals surface area contributed by atoms with Crippen molar-refractivity contribution < 1.29 is 17.6 Å². The highest BCUT2D eigenvalue weighted by atomic mass is 32.1. The highest BCUT2D eigenvalue weighted by Gasteiger charge is 2.48. The Morgan fingerprint density at radius 1 is 1.12 bits per heavy atom. The van der Waals surface area contributed by atoms with Gasteiger partial charge in [-0.15, -0.1) is 0 Å². The largest absolute Gasteiger partial charge is 0.353 e. The number of alkyl halides is 4. The first kappa shape index (κ1) is 8.07. The summed E-state index contributed by atoms with van der Waals surface area (Å²) < 4.78 is 45.5. The van der Waals surface area contributed by atoms with Crippen molar-refractivity contribution >= 4 is 12.6 Å². The van der Waals surface area contributed by atoms with E-state index in [0.29, 0.717) is 0 Å². The van der Waals surface area contributed by atoms with Crippen molar-refractivity contribution in [3.63, 3.8) is 0 Å². The molecule has 0 radical (unpaired) electrons. The van der Waals surface area contributed by atoms with Gasteiger partial charge in [0.05, 0.1) is 0 Å². The summed E-state index contributed by atoms with van der Waals surface area (Å²) in [6.07, 6.45) is 0. The van der Waals surface area contributed by atoms with Crippen LogP contribution >= 0.6 is 12.6 Å². The Labute approximate surface area is 49.3 Å². The van der Waals surface area contributed by atoms with Crippen LogP contribution < -0.4 is 0 Å². The van der Waals surface area contributed by atoms with Gasteiger partial charge >= 0.3 is 11.2 Å². The van der Waals surface area contributed by atoms with Gasteiger partial charge in [0.25, 0.3) is 0 Å². The highest BCUT2D eigenvalue weighted by molar-refractivity contribution is 7.81. The molecule has 0 aliphatic rings. The molecule has 0 fully saturated rings. The standard InChI is InChI=1S/C3H4F4S/c1-2(4,5)3(6,7)8/h8H,1H3. The SMILES string of the molecule is CC(F)(F)C(F)(F)S. The molecule has 0 nitrogen and oxygen atoms in total. The molecule has 0 saturated carbocycles. The fourth-order valence-electron chi connectivity index (χ4n) is 0. The normalized spacial score (nSPS) is 14.2. The van der Waals surface area contributed by atoms with Crippen LogP contribution in [0.5, 0.6) is 0 Å². The zero-order chi connectivity index (χ0) is 7.00. The Kier molecular flexibility index (Phi) is 1.80. The number of halogens is 4. The van der Waals surface area contributed by atoms with E-state index in [-0.39, 0.29) is 6.92 Å². The summed E-state index contributed by atoms with van der Waals surface area (Å²) in [4.78, 5) is 0. The first-order chi connectivity index (χ1) is 3.25. The molecular weight excluding hydrogens is 144 g/mol. The molecule has 0 aliphatic heterocycles. The minimum Gasteiger partial charge on any atom is -0.199 e. The van der Waals surface area contributed by atoms with Crippen molar-refractivity contribution in [3.8, 4) is 0 Å². The molecule has 0 saturated heterocycles. The maximum absolute atomic E-state index is 11.4. The number of hydrogen-bond acceptors (Lipinski definition) is 1. The lowest BCUT2D eigenvalue weighted by Gasteiger charge is -2.16. The van der Waals surface area contributed by atoms with Gasteiger partial charge in [0, 0.05) is 6.92 Å². The van der Waals surface area contributed by atoms with Gasteiger partial charge in [-0.25, -0.2) is 0 Å². The monoisotopic (exact) mass is 148 g/mol. The number of hydrogen-bond donors (Lipinski definition) is 1. The fourth-order valence-corrected chi connectivity index (χ4v) is 0. The second kappa shape index (κ2) is 1.79. The first-order valence-electron chi connectivity index (χ1n) is 1.73. The lowest BCUT2D eigenvalue weighted by Crippen LogP contribution is -2.31. The molecule has 50 valence electrons. The Morgan fingerprint density at radius 2 is 1.25 bits per heavy atom. The molecular formula is C3H4F4S. The molecule has 0 aromatic carbocycles. The van der Waals surface area contributed by atoms with Crippen LogP contribution in [0.1, 0.15) is 6.92 Å². The van der Waals surface area contributed by atoms with Crippen LogP contribution in [-0.4, -0.2) is 11.2 Å². The van der Waals surface area contributed by atoms with E-state index in [0.717, 1.165) is 0 Å². The summed E-state index contributed by atoms with van der Waals surface area (Å²) in [5.41, 5.74) is 0. The van der Waals surface area contributed by atoms with E-state index in [4.69, 9.17) is 0 Å². The molecule has 8 heavy (non-hydrogen) atoms. The van der Waals surface area contributed by atoms with Crippen LogP contribution in [0, 0.1) is 0 Å². The minimum atomic E-state index is -4.20. The van der Waals surface area contributed by atoms with Crippen LogP contribution in [0.2, 0.25) is 0 Å². The molecule has 0 aromatic rings. The topological polar surface area (TPSA) is 0 Å². The van der Waals surface area contributed by atoms with Gasteiger partial charge in [-0.1, -0.05) is 12.6 Å². The van der Waals surface area contributed by atoms with Crippen molar-refractivity contribution in [2.75, 3.05) is 0 Å². The van der Waals surface area contributed by atoms with Crippen LogP contribution in [0.25, 0.3) is 0 Å². The summed E-state index contributed by atoms with van der Waals surface area (Å²) in [6.45, 7) is 0.111. The minimum absolute atomic E-state index is 0.111. The molecule has 0 unspecified atom stereocenters. The molecule has 0 aliphatic carbocycles. The van der Waals surface area contributed by atoms with E-state index in [1.165, 1.54) is 0 Å². The van der Waals surface area contributed by atoms with Crippen molar-refractivity contribution in [2.24, 2.45) is 0 Å². The summed E-state index contributed by atoms with van der Waals surface area (Å²) in [6, 6.07) is 0. The third-order valence-electron chi connectivity index (χ3n) is 0.528. The Hall–Kier alpha value is 0.0700. The van der Waals surface area contributed by atoms with E-state index >= 15 is 0 Å². The van der Waals surface area contributed by atoms with E-state index in [2.05, 4.69) is 12.6 Å².